The van der Waals surface area contributed by atoms with Crippen LogP contribution in [0.1, 0.15) is 45.1 Å². The molecule has 3 aliphatic rings. The molecule has 2 bridgehead atoms. The van der Waals surface area contributed by atoms with E-state index in [-0.39, 0.29) is 10.8 Å². The van der Waals surface area contributed by atoms with E-state index in [1.165, 1.54) is 11.1 Å². The third kappa shape index (κ3) is 2.89. The molecule has 1 aromatic carbocycles. The lowest BCUT2D eigenvalue weighted by molar-refractivity contribution is -0.132. The van der Waals surface area contributed by atoms with Gasteiger partial charge in [-0.25, -0.2) is 4.79 Å². The topological polar surface area (TPSA) is 87.7 Å². The highest BCUT2D eigenvalue weighted by molar-refractivity contribution is 5.89. The number of carbonyl (C=O) groups is 1. The van der Waals surface area contributed by atoms with Gasteiger partial charge in [-0.1, -0.05) is 49.8 Å². The normalized spacial score (nSPS) is 36.2. The second-order valence-corrected chi connectivity index (χ2v) is 9.51. The van der Waals surface area contributed by atoms with E-state index in [9.17, 15) is 9.90 Å². The summed E-state index contributed by atoms with van der Waals surface area (Å²) in [7, 11) is 1.70. The Morgan fingerprint density at radius 3 is 2.72 bits per heavy atom. The van der Waals surface area contributed by atoms with Crippen molar-refractivity contribution < 1.29 is 9.90 Å². The molecular formula is C24H33N3O2. The van der Waals surface area contributed by atoms with Gasteiger partial charge in [0.05, 0.1) is 0 Å². The van der Waals surface area contributed by atoms with Crippen molar-refractivity contribution >= 4 is 11.9 Å². The average Bonchev–Trinajstić information content (AvgIpc) is 3.17. The zero-order valence-corrected chi connectivity index (χ0v) is 17.7. The van der Waals surface area contributed by atoms with Crippen molar-refractivity contribution in [2.45, 2.75) is 46.0 Å². The first-order chi connectivity index (χ1) is 13.8. The summed E-state index contributed by atoms with van der Waals surface area (Å²) < 4.78 is 0. The molecule has 1 aromatic rings. The van der Waals surface area contributed by atoms with Crippen molar-refractivity contribution in [1.82, 2.24) is 5.32 Å². The van der Waals surface area contributed by atoms with E-state index < -0.39 is 5.97 Å². The summed E-state index contributed by atoms with van der Waals surface area (Å²) >= 11 is 0. The van der Waals surface area contributed by atoms with Crippen LogP contribution in [0, 0.1) is 28.6 Å². The van der Waals surface area contributed by atoms with Crippen LogP contribution in [0.4, 0.5) is 0 Å². The highest BCUT2D eigenvalue weighted by Crippen LogP contribution is 2.74. The number of benzene rings is 1. The molecule has 0 saturated heterocycles. The van der Waals surface area contributed by atoms with Crippen LogP contribution in [0.3, 0.4) is 0 Å². The molecule has 0 aliphatic heterocycles. The Balaban J connectivity index is 1.76. The Hall–Kier alpha value is -2.30. The van der Waals surface area contributed by atoms with Gasteiger partial charge in [-0.2, -0.15) is 0 Å². The van der Waals surface area contributed by atoms with Gasteiger partial charge in [-0.15, -0.1) is 0 Å². The fourth-order valence-corrected chi connectivity index (χ4v) is 7.24. The Morgan fingerprint density at radius 2 is 2.07 bits per heavy atom. The summed E-state index contributed by atoms with van der Waals surface area (Å²) in [4.78, 5) is 16.1. The van der Waals surface area contributed by atoms with Crippen LogP contribution in [-0.2, 0) is 11.2 Å². The predicted molar refractivity (Wildman–Crippen MR) is 116 cm³/mol. The minimum Gasteiger partial charge on any atom is -0.478 e. The number of fused-ring (bicyclic) bond motifs is 1. The van der Waals surface area contributed by atoms with E-state index in [4.69, 9.17) is 5.73 Å². The fraction of sp³-hybridized carbons (Fsp3) is 0.583. The van der Waals surface area contributed by atoms with Crippen molar-refractivity contribution in [2.75, 3.05) is 13.6 Å². The van der Waals surface area contributed by atoms with E-state index in [2.05, 4.69) is 54.5 Å². The quantitative estimate of drug-likeness (QED) is 0.525. The predicted octanol–water partition coefficient (Wildman–Crippen LogP) is 3.61. The molecule has 5 unspecified atom stereocenters. The lowest BCUT2D eigenvalue weighted by Crippen LogP contribution is -2.56. The summed E-state index contributed by atoms with van der Waals surface area (Å²) in [6.07, 6.45) is 4.75. The van der Waals surface area contributed by atoms with Crippen molar-refractivity contribution in [1.29, 1.82) is 0 Å². The van der Waals surface area contributed by atoms with E-state index in [0.29, 0.717) is 35.7 Å². The molecule has 3 aliphatic carbocycles. The van der Waals surface area contributed by atoms with Crippen molar-refractivity contribution in [2.24, 2.45) is 39.3 Å². The second-order valence-electron chi connectivity index (χ2n) is 9.51. The summed E-state index contributed by atoms with van der Waals surface area (Å²) in [5.41, 5.74) is 9.20. The third-order valence-corrected chi connectivity index (χ3v) is 8.48. The zero-order valence-electron chi connectivity index (χ0n) is 17.7. The van der Waals surface area contributed by atoms with Crippen molar-refractivity contribution in [3.05, 3.63) is 47.0 Å². The minimum absolute atomic E-state index is 0.0358. The second kappa shape index (κ2) is 7.19. The number of nitrogens with zero attached hydrogens (tertiary/aromatic N) is 1. The van der Waals surface area contributed by atoms with Crippen LogP contribution < -0.4 is 11.1 Å². The largest absolute Gasteiger partial charge is 0.478 e. The van der Waals surface area contributed by atoms with Crippen LogP contribution in [0.25, 0.3) is 0 Å². The van der Waals surface area contributed by atoms with E-state index >= 15 is 0 Å². The standard InChI is InChI=1S/C24H33N3O2/c1-15-11-17(12-16-7-5-4-6-8-16)19-13-20-18(21(28)29)9-10-24(15,20)23(19,2)14-27-22(25)26-3/h4-8,15,17,19H,9-14H2,1-3H3,(H,28,29)(H3,25,26,27). The van der Waals surface area contributed by atoms with Crippen LogP contribution >= 0.6 is 0 Å². The van der Waals surface area contributed by atoms with E-state index in [1.807, 2.05) is 0 Å². The average molecular weight is 396 g/mol. The molecule has 5 nitrogen and oxygen atoms in total. The number of rotatable bonds is 5. The molecule has 2 fully saturated rings. The molecule has 4 N–H and O–H groups in total. The summed E-state index contributed by atoms with van der Waals surface area (Å²) in [5.74, 6) is 1.18. The Bertz CT molecular complexity index is 862. The maximum Gasteiger partial charge on any atom is 0.331 e. The highest BCUT2D eigenvalue weighted by atomic mass is 16.4. The lowest BCUT2D eigenvalue weighted by atomic mass is 9.49. The van der Waals surface area contributed by atoms with Gasteiger partial charge in [-0.05, 0) is 60.8 Å². The molecule has 1 spiro atoms. The molecule has 4 rings (SSSR count). The van der Waals surface area contributed by atoms with Gasteiger partial charge < -0.3 is 16.2 Å². The van der Waals surface area contributed by atoms with Gasteiger partial charge in [0.1, 0.15) is 0 Å². The molecule has 0 heterocycles. The summed E-state index contributed by atoms with van der Waals surface area (Å²) in [6.45, 7) is 5.46. The van der Waals surface area contributed by atoms with Gasteiger partial charge in [0, 0.05) is 24.6 Å². The number of nitrogens with one attached hydrogen (secondary N) is 1. The maximum absolute atomic E-state index is 12.0. The first kappa shape index (κ1) is 20.0. The molecule has 5 heteroatoms. The van der Waals surface area contributed by atoms with E-state index in [1.54, 1.807) is 7.05 Å². The molecule has 29 heavy (non-hydrogen) atoms. The Labute approximate surface area is 173 Å². The van der Waals surface area contributed by atoms with Gasteiger partial charge >= 0.3 is 5.97 Å². The van der Waals surface area contributed by atoms with Crippen molar-refractivity contribution in [3.63, 3.8) is 0 Å². The summed E-state index contributed by atoms with van der Waals surface area (Å²) in [6, 6.07) is 10.7. The number of carboxylic acid groups (broad SMARTS) is 1. The molecule has 0 amide bonds. The summed E-state index contributed by atoms with van der Waals surface area (Å²) in [5, 5.41) is 13.2. The van der Waals surface area contributed by atoms with Crippen LogP contribution in [-0.4, -0.2) is 30.6 Å². The van der Waals surface area contributed by atoms with Crippen molar-refractivity contribution in [3.8, 4) is 0 Å². The SMILES string of the molecule is CN=C(N)NCC1(C)C2CC3=C(C(=O)O)CCC31C(C)CC2Cc1ccccc1. The third-order valence-electron chi connectivity index (χ3n) is 8.48. The number of nitrogens with two attached hydrogens (primary N) is 1. The van der Waals surface area contributed by atoms with E-state index in [0.717, 1.165) is 32.2 Å². The number of guanidine groups is 1. The monoisotopic (exact) mass is 395 g/mol. The van der Waals surface area contributed by atoms with Crippen LogP contribution in [0.5, 0.6) is 0 Å². The minimum atomic E-state index is -0.721. The highest BCUT2D eigenvalue weighted by Gasteiger charge is 2.68. The number of hydrogen-bond acceptors (Lipinski definition) is 2. The van der Waals surface area contributed by atoms with Gasteiger partial charge in [0.15, 0.2) is 5.96 Å². The fourth-order valence-electron chi connectivity index (χ4n) is 7.24. The van der Waals surface area contributed by atoms with Crippen LogP contribution in [0.2, 0.25) is 0 Å². The smallest absolute Gasteiger partial charge is 0.331 e. The zero-order chi connectivity index (χ0) is 20.8. The first-order valence-electron chi connectivity index (χ1n) is 10.8. The van der Waals surface area contributed by atoms with Gasteiger partial charge in [0.25, 0.3) is 0 Å². The molecule has 0 radical (unpaired) electrons. The molecule has 156 valence electrons. The molecule has 0 aromatic heterocycles. The number of allylic oxidation sites excluding steroid dienone is 1. The Kier molecular flexibility index (Phi) is 4.96. The van der Waals surface area contributed by atoms with Gasteiger partial charge in [-0.3, -0.25) is 4.99 Å². The van der Waals surface area contributed by atoms with Gasteiger partial charge in [0.2, 0.25) is 0 Å². The number of carboxylic acids is 1. The number of aliphatic carboxylic acids is 1. The Morgan fingerprint density at radius 1 is 1.34 bits per heavy atom. The lowest BCUT2D eigenvalue weighted by Gasteiger charge is -2.56. The first-order valence-corrected chi connectivity index (χ1v) is 10.8. The number of hydrogen-bond donors (Lipinski definition) is 3. The molecule has 2 saturated carbocycles. The van der Waals surface area contributed by atoms with Crippen LogP contribution in [0.15, 0.2) is 46.5 Å². The molecule has 5 atom stereocenters. The number of aliphatic imine (C=N–C) groups is 1. The molecular weight excluding hydrogens is 362 g/mol. The maximum atomic E-state index is 12.0.